The van der Waals surface area contributed by atoms with Crippen molar-refractivity contribution in [1.29, 1.82) is 0 Å². The number of halogens is 1. The van der Waals surface area contributed by atoms with Crippen LogP contribution in [0.2, 0.25) is 5.02 Å². The van der Waals surface area contributed by atoms with Crippen LogP contribution in [0.4, 0.5) is 0 Å². The van der Waals surface area contributed by atoms with Crippen molar-refractivity contribution in [2.75, 3.05) is 0 Å². The Hall–Kier alpha value is -3.04. The topological polar surface area (TPSA) is 38.0 Å². The first kappa shape index (κ1) is 16.4. The second kappa shape index (κ2) is 6.70. The number of phenols is 1. The molecular formula is C22H17ClN2O. The Morgan fingerprint density at radius 1 is 0.846 bits per heavy atom. The molecule has 3 aromatic carbocycles. The number of nitrogens with zero attached hydrogens (tertiary/aromatic N) is 2. The van der Waals surface area contributed by atoms with Crippen molar-refractivity contribution in [3.05, 3.63) is 89.6 Å². The minimum atomic E-state index is 0.0649. The lowest BCUT2D eigenvalue weighted by Gasteiger charge is -2.11. The molecule has 0 saturated heterocycles. The highest BCUT2D eigenvalue weighted by Crippen LogP contribution is 2.38. The Kier molecular flexibility index (Phi) is 4.23. The van der Waals surface area contributed by atoms with E-state index >= 15 is 0 Å². The largest absolute Gasteiger partial charge is 0.506 e. The average Bonchev–Trinajstić information content (AvgIpc) is 3.03. The maximum absolute atomic E-state index is 10.1. The SMILES string of the molecule is Cc1nn(-c2ccccc2)c(-c2ccccc2)c1-c1ccc(Cl)c(O)c1. The van der Waals surface area contributed by atoms with Crippen LogP contribution < -0.4 is 0 Å². The number of hydrogen-bond donors (Lipinski definition) is 1. The molecule has 4 aromatic rings. The summed E-state index contributed by atoms with van der Waals surface area (Å²) in [6, 6.07) is 25.5. The first-order chi connectivity index (χ1) is 12.6. The standard InChI is InChI=1S/C22H17ClN2O/c1-15-21(17-12-13-19(23)20(26)14-17)22(16-8-4-2-5-9-16)25(24-15)18-10-6-3-7-11-18/h2-14,26H,1H3. The van der Waals surface area contributed by atoms with Crippen LogP contribution in [-0.2, 0) is 0 Å². The van der Waals surface area contributed by atoms with Gasteiger partial charge in [-0.15, -0.1) is 0 Å². The lowest BCUT2D eigenvalue weighted by atomic mass is 9.98. The summed E-state index contributed by atoms with van der Waals surface area (Å²) in [5, 5.41) is 15.2. The maximum Gasteiger partial charge on any atom is 0.134 e. The molecule has 0 fully saturated rings. The van der Waals surface area contributed by atoms with Gasteiger partial charge in [0.05, 0.1) is 22.1 Å². The first-order valence-corrected chi connectivity index (χ1v) is 8.72. The van der Waals surface area contributed by atoms with Crippen LogP contribution in [0, 0.1) is 6.92 Å². The van der Waals surface area contributed by atoms with Crippen molar-refractivity contribution in [3.8, 4) is 33.8 Å². The maximum atomic E-state index is 10.1. The Balaban J connectivity index is 2.03. The molecule has 0 radical (unpaired) electrons. The van der Waals surface area contributed by atoms with Crippen molar-refractivity contribution in [1.82, 2.24) is 9.78 Å². The van der Waals surface area contributed by atoms with Crippen molar-refractivity contribution in [3.63, 3.8) is 0 Å². The summed E-state index contributed by atoms with van der Waals surface area (Å²) in [5.74, 6) is 0.0649. The van der Waals surface area contributed by atoms with Crippen LogP contribution in [-0.4, -0.2) is 14.9 Å². The average molecular weight is 361 g/mol. The number of phenolic OH excluding ortho intramolecular Hbond substituents is 1. The molecule has 1 heterocycles. The fourth-order valence-corrected chi connectivity index (χ4v) is 3.28. The molecule has 0 spiro atoms. The predicted molar refractivity (Wildman–Crippen MR) is 106 cm³/mol. The van der Waals surface area contributed by atoms with Crippen LogP contribution in [0.1, 0.15) is 5.69 Å². The zero-order chi connectivity index (χ0) is 18.1. The van der Waals surface area contributed by atoms with Gasteiger partial charge < -0.3 is 5.11 Å². The van der Waals surface area contributed by atoms with Crippen molar-refractivity contribution < 1.29 is 5.11 Å². The molecule has 3 nitrogen and oxygen atoms in total. The summed E-state index contributed by atoms with van der Waals surface area (Å²) >= 11 is 5.99. The summed E-state index contributed by atoms with van der Waals surface area (Å²) in [4.78, 5) is 0. The van der Waals surface area contributed by atoms with Gasteiger partial charge in [0, 0.05) is 11.1 Å². The number of para-hydroxylation sites is 1. The minimum absolute atomic E-state index is 0.0649. The van der Waals surface area contributed by atoms with E-state index in [1.807, 2.05) is 66.2 Å². The van der Waals surface area contributed by atoms with Gasteiger partial charge in [-0.1, -0.05) is 66.2 Å². The fourth-order valence-electron chi connectivity index (χ4n) is 3.16. The van der Waals surface area contributed by atoms with E-state index in [4.69, 9.17) is 16.7 Å². The zero-order valence-corrected chi connectivity index (χ0v) is 15.0. The van der Waals surface area contributed by atoms with Crippen LogP contribution in [0.3, 0.4) is 0 Å². The molecular weight excluding hydrogens is 344 g/mol. The molecule has 26 heavy (non-hydrogen) atoms. The molecule has 128 valence electrons. The van der Waals surface area contributed by atoms with E-state index in [0.29, 0.717) is 5.02 Å². The molecule has 0 saturated carbocycles. The van der Waals surface area contributed by atoms with E-state index in [0.717, 1.165) is 33.8 Å². The minimum Gasteiger partial charge on any atom is -0.506 e. The summed E-state index contributed by atoms with van der Waals surface area (Å²) in [7, 11) is 0. The fraction of sp³-hybridized carbons (Fsp3) is 0.0455. The van der Waals surface area contributed by atoms with Gasteiger partial charge in [-0.25, -0.2) is 4.68 Å². The van der Waals surface area contributed by atoms with Crippen LogP contribution >= 0.6 is 11.6 Å². The quantitative estimate of drug-likeness (QED) is 0.496. The summed E-state index contributed by atoms with van der Waals surface area (Å²) in [5.41, 5.74) is 5.77. The number of hydrogen-bond acceptors (Lipinski definition) is 2. The molecule has 1 N–H and O–H groups in total. The summed E-state index contributed by atoms with van der Waals surface area (Å²) < 4.78 is 1.95. The predicted octanol–water partition coefficient (Wildman–Crippen LogP) is 5.87. The molecule has 0 amide bonds. The van der Waals surface area contributed by atoms with Gasteiger partial charge in [0.1, 0.15) is 5.75 Å². The van der Waals surface area contributed by atoms with Crippen molar-refractivity contribution >= 4 is 11.6 Å². The van der Waals surface area contributed by atoms with E-state index in [2.05, 4.69) is 12.1 Å². The summed E-state index contributed by atoms with van der Waals surface area (Å²) in [6.45, 7) is 1.98. The highest BCUT2D eigenvalue weighted by molar-refractivity contribution is 6.32. The lowest BCUT2D eigenvalue weighted by Crippen LogP contribution is -1.99. The molecule has 0 aliphatic rings. The van der Waals surface area contributed by atoms with Gasteiger partial charge in [0.2, 0.25) is 0 Å². The van der Waals surface area contributed by atoms with Crippen molar-refractivity contribution in [2.24, 2.45) is 0 Å². The van der Waals surface area contributed by atoms with Gasteiger partial charge in [0.25, 0.3) is 0 Å². The Labute approximate surface area is 157 Å². The van der Waals surface area contributed by atoms with E-state index in [1.54, 1.807) is 12.1 Å². The van der Waals surface area contributed by atoms with Gasteiger partial charge in [-0.05, 0) is 36.8 Å². The molecule has 0 bridgehead atoms. The Morgan fingerprint density at radius 2 is 1.50 bits per heavy atom. The monoisotopic (exact) mass is 360 g/mol. The highest BCUT2D eigenvalue weighted by Gasteiger charge is 2.20. The molecule has 0 aliphatic carbocycles. The lowest BCUT2D eigenvalue weighted by molar-refractivity contribution is 0.476. The second-order valence-corrected chi connectivity index (χ2v) is 6.50. The highest BCUT2D eigenvalue weighted by atomic mass is 35.5. The third-order valence-electron chi connectivity index (χ3n) is 4.34. The summed E-state index contributed by atoms with van der Waals surface area (Å²) in [6.07, 6.45) is 0. The number of rotatable bonds is 3. The molecule has 0 atom stereocenters. The van der Waals surface area contributed by atoms with Crippen LogP contribution in [0.15, 0.2) is 78.9 Å². The van der Waals surface area contributed by atoms with Gasteiger partial charge in [-0.3, -0.25) is 0 Å². The van der Waals surface area contributed by atoms with E-state index < -0.39 is 0 Å². The zero-order valence-electron chi connectivity index (χ0n) is 14.2. The molecule has 4 rings (SSSR count). The number of aromatic hydroxyl groups is 1. The van der Waals surface area contributed by atoms with Gasteiger partial charge in [0.15, 0.2) is 0 Å². The molecule has 0 aliphatic heterocycles. The van der Waals surface area contributed by atoms with E-state index in [1.165, 1.54) is 0 Å². The van der Waals surface area contributed by atoms with Crippen molar-refractivity contribution in [2.45, 2.75) is 6.92 Å². The molecule has 0 unspecified atom stereocenters. The third-order valence-corrected chi connectivity index (χ3v) is 4.66. The van der Waals surface area contributed by atoms with Gasteiger partial charge in [-0.2, -0.15) is 5.10 Å². The number of aryl methyl sites for hydroxylation is 1. The first-order valence-electron chi connectivity index (χ1n) is 8.34. The van der Waals surface area contributed by atoms with Crippen LogP contribution in [0.5, 0.6) is 5.75 Å². The second-order valence-electron chi connectivity index (χ2n) is 6.09. The molecule has 4 heteroatoms. The number of aromatic nitrogens is 2. The third kappa shape index (κ3) is 2.87. The normalized spacial score (nSPS) is 10.8. The van der Waals surface area contributed by atoms with Crippen LogP contribution in [0.25, 0.3) is 28.1 Å². The van der Waals surface area contributed by atoms with E-state index in [9.17, 15) is 5.11 Å². The smallest absolute Gasteiger partial charge is 0.134 e. The Bertz CT molecular complexity index is 1060. The molecule has 1 aromatic heterocycles. The van der Waals surface area contributed by atoms with Gasteiger partial charge >= 0.3 is 0 Å². The Morgan fingerprint density at radius 3 is 2.15 bits per heavy atom. The number of benzene rings is 3. The van der Waals surface area contributed by atoms with E-state index in [-0.39, 0.29) is 5.75 Å².